The van der Waals surface area contributed by atoms with Crippen molar-refractivity contribution in [2.45, 2.75) is 52.9 Å². The topological polar surface area (TPSA) is 30.9 Å². The Kier molecular flexibility index (Phi) is 6.54. The summed E-state index contributed by atoms with van der Waals surface area (Å²) in [6.07, 6.45) is 6.82. The molecule has 1 unspecified atom stereocenters. The Morgan fingerprint density at radius 3 is 2.55 bits per heavy atom. The molecule has 1 aliphatic carbocycles. The fraction of sp³-hybridized carbons (Fsp3) is 0.944. The molecule has 0 aromatic carbocycles. The van der Waals surface area contributed by atoms with Gasteiger partial charge in [0.05, 0.1) is 0 Å². The van der Waals surface area contributed by atoms with E-state index >= 15 is 0 Å². The molecular formula is C18H36N4. The zero-order valence-electron chi connectivity index (χ0n) is 15.2. The Bertz CT molecular complexity index is 356. The van der Waals surface area contributed by atoms with Gasteiger partial charge in [-0.15, -0.1) is 0 Å². The summed E-state index contributed by atoms with van der Waals surface area (Å²) in [5.74, 6) is 1.91. The highest BCUT2D eigenvalue weighted by Gasteiger charge is 2.30. The standard InChI is InChI=1S/C18H36N4/c1-5-21(6-2)13-16-9-12-22(14-16)17(19-4)20-15-18(3)10-7-8-11-18/h16H,5-15H2,1-4H3,(H,19,20). The highest BCUT2D eigenvalue weighted by atomic mass is 15.3. The van der Waals surface area contributed by atoms with Crippen molar-refractivity contribution >= 4 is 5.96 Å². The molecule has 1 heterocycles. The average Bonchev–Trinajstić information content (AvgIpc) is 3.15. The van der Waals surface area contributed by atoms with E-state index in [-0.39, 0.29) is 0 Å². The minimum atomic E-state index is 0.482. The SMILES string of the molecule is CCN(CC)CC1CCN(C(=NC)NCC2(C)CCCC2)C1. The van der Waals surface area contributed by atoms with Crippen LogP contribution >= 0.6 is 0 Å². The molecule has 1 saturated heterocycles. The maximum absolute atomic E-state index is 4.53. The number of nitrogens with zero attached hydrogens (tertiary/aromatic N) is 3. The van der Waals surface area contributed by atoms with Gasteiger partial charge in [0.2, 0.25) is 0 Å². The van der Waals surface area contributed by atoms with Crippen molar-refractivity contribution in [2.24, 2.45) is 16.3 Å². The van der Waals surface area contributed by atoms with Crippen molar-refractivity contribution in [3.05, 3.63) is 0 Å². The third-order valence-electron chi connectivity index (χ3n) is 5.69. The summed E-state index contributed by atoms with van der Waals surface area (Å²) in [6, 6.07) is 0. The molecule has 1 atom stereocenters. The predicted molar refractivity (Wildman–Crippen MR) is 95.4 cm³/mol. The minimum Gasteiger partial charge on any atom is -0.356 e. The average molecular weight is 309 g/mol. The van der Waals surface area contributed by atoms with Crippen LogP contribution in [0.2, 0.25) is 0 Å². The van der Waals surface area contributed by atoms with Crippen molar-refractivity contribution in [2.75, 3.05) is 46.3 Å². The summed E-state index contributed by atoms with van der Waals surface area (Å²) in [5.41, 5.74) is 0.482. The summed E-state index contributed by atoms with van der Waals surface area (Å²) in [7, 11) is 1.93. The molecule has 1 aliphatic heterocycles. The lowest BCUT2D eigenvalue weighted by molar-refractivity contribution is 0.255. The molecule has 0 aromatic heterocycles. The summed E-state index contributed by atoms with van der Waals surface area (Å²) >= 11 is 0. The predicted octanol–water partition coefficient (Wildman–Crippen LogP) is 2.81. The first-order valence-corrected chi connectivity index (χ1v) is 9.28. The Morgan fingerprint density at radius 2 is 1.95 bits per heavy atom. The lowest BCUT2D eigenvalue weighted by Gasteiger charge is -2.28. The monoisotopic (exact) mass is 308 g/mol. The lowest BCUT2D eigenvalue weighted by atomic mass is 9.89. The number of rotatable bonds is 6. The molecule has 4 heteroatoms. The third-order valence-corrected chi connectivity index (χ3v) is 5.69. The fourth-order valence-electron chi connectivity index (χ4n) is 4.05. The molecule has 1 N–H and O–H groups in total. The summed E-state index contributed by atoms with van der Waals surface area (Å²) in [5, 5.41) is 3.66. The zero-order valence-corrected chi connectivity index (χ0v) is 15.2. The van der Waals surface area contributed by atoms with E-state index in [1.54, 1.807) is 0 Å². The molecule has 0 bridgehead atoms. The van der Waals surface area contributed by atoms with Gasteiger partial charge < -0.3 is 15.1 Å². The van der Waals surface area contributed by atoms with Crippen LogP contribution in [0.5, 0.6) is 0 Å². The second-order valence-electron chi connectivity index (χ2n) is 7.51. The van der Waals surface area contributed by atoms with Crippen LogP contribution < -0.4 is 5.32 Å². The lowest BCUT2D eigenvalue weighted by Crippen LogP contribution is -2.44. The normalized spacial score (nSPS) is 25.2. The Balaban J connectivity index is 1.80. The van der Waals surface area contributed by atoms with Crippen LogP contribution in [0.1, 0.15) is 52.9 Å². The molecule has 128 valence electrons. The molecule has 1 saturated carbocycles. The summed E-state index contributed by atoms with van der Waals surface area (Å²) in [4.78, 5) is 9.54. The smallest absolute Gasteiger partial charge is 0.193 e. The molecule has 0 amide bonds. The molecule has 2 fully saturated rings. The molecule has 0 spiro atoms. The number of nitrogens with one attached hydrogen (secondary N) is 1. The van der Waals surface area contributed by atoms with Gasteiger partial charge in [-0.2, -0.15) is 0 Å². The van der Waals surface area contributed by atoms with E-state index in [2.05, 4.69) is 40.9 Å². The second-order valence-corrected chi connectivity index (χ2v) is 7.51. The van der Waals surface area contributed by atoms with Gasteiger partial charge in [0.25, 0.3) is 0 Å². The molecular weight excluding hydrogens is 272 g/mol. The van der Waals surface area contributed by atoms with Gasteiger partial charge in [-0.3, -0.25) is 4.99 Å². The summed E-state index contributed by atoms with van der Waals surface area (Å²) < 4.78 is 0. The van der Waals surface area contributed by atoms with Gasteiger partial charge in [-0.05, 0) is 43.7 Å². The molecule has 0 aromatic rings. The van der Waals surface area contributed by atoms with Crippen molar-refractivity contribution in [1.29, 1.82) is 0 Å². The van der Waals surface area contributed by atoms with E-state index in [1.165, 1.54) is 51.7 Å². The highest BCUT2D eigenvalue weighted by Crippen LogP contribution is 2.36. The van der Waals surface area contributed by atoms with Crippen LogP contribution in [-0.2, 0) is 0 Å². The largest absolute Gasteiger partial charge is 0.356 e. The molecule has 2 rings (SSSR count). The van der Waals surface area contributed by atoms with E-state index in [1.807, 2.05) is 7.05 Å². The number of hydrogen-bond acceptors (Lipinski definition) is 2. The van der Waals surface area contributed by atoms with Crippen LogP contribution in [0.25, 0.3) is 0 Å². The van der Waals surface area contributed by atoms with Gasteiger partial charge in [0, 0.05) is 33.2 Å². The van der Waals surface area contributed by atoms with Crippen LogP contribution in [0.4, 0.5) is 0 Å². The van der Waals surface area contributed by atoms with Crippen LogP contribution in [0, 0.1) is 11.3 Å². The fourth-order valence-corrected chi connectivity index (χ4v) is 4.05. The first kappa shape index (κ1) is 17.6. The number of likely N-dealkylation sites (tertiary alicyclic amines) is 1. The third kappa shape index (κ3) is 4.61. The number of guanidine groups is 1. The van der Waals surface area contributed by atoms with Crippen molar-refractivity contribution in [1.82, 2.24) is 15.1 Å². The highest BCUT2D eigenvalue weighted by molar-refractivity contribution is 5.80. The first-order valence-electron chi connectivity index (χ1n) is 9.28. The molecule has 4 nitrogen and oxygen atoms in total. The van der Waals surface area contributed by atoms with Gasteiger partial charge in [0.1, 0.15) is 0 Å². The zero-order chi connectivity index (χ0) is 16.0. The van der Waals surface area contributed by atoms with Crippen LogP contribution in [0.3, 0.4) is 0 Å². The molecule has 0 radical (unpaired) electrons. The van der Waals surface area contributed by atoms with Crippen LogP contribution in [0.15, 0.2) is 4.99 Å². The first-order chi connectivity index (χ1) is 10.6. The summed E-state index contributed by atoms with van der Waals surface area (Å²) in [6.45, 7) is 13.9. The second kappa shape index (κ2) is 8.19. The van der Waals surface area contributed by atoms with Gasteiger partial charge in [0.15, 0.2) is 5.96 Å². The maximum Gasteiger partial charge on any atom is 0.193 e. The van der Waals surface area contributed by atoms with Crippen molar-refractivity contribution in [3.8, 4) is 0 Å². The molecule has 2 aliphatic rings. The van der Waals surface area contributed by atoms with E-state index < -0.39 is 0 Å². The van der Waals surface area contributed by atoms with Gasteiger partial charge >= 0.3 is 0 Å². The van der Waals surface area contributed by atoms with Gasteiger partial charge in [-0.1, -0.05) is 33.6 Å². The Hall–Kier alpha value is -0.770. The van der Waals surface area contributed by atoms with Crippen LogP contribution in [-0.4, -0.2) is 62.1 Å². The Morgan fingerprint density at radius 1 is 1.27 bits per heavy atom. The van der Waals surface area contributed by atoms with Gasteiger partial charge in [-0.25, -0.2) is 0 Å². The van der Waals surface area contributed by atoms with E-state index in [9.17, 15) is 0 Å². The van der Waals surface area contributed by atoms with E-state index in [0.29, 0.717) is 5.41 Å². The van der Waals surface area contributed by atoms with E-state index in [4.69, 9.17) is 0 Å². The number of aliphatic imine (C=N–C) groups is 1. The minimum absolute atomic E-state index is 0.482. The molecule has 22 heavy (non-hydrogen) atoms. The van der Waals surface area contributed by atoms with Crippen molar-refractivity contribution < 1.29 is 0 Å². The number of hydrogen-bond donors (Lipinski definition) is 1. The quantitative estimate of drug-likeness (QED) is 0.605. The van der Waals surface area contributed by atoms with Crippen molar-refractivity contribution in [3.63, 3.8) is 0 Å². The maximum atomic E-state index is 4.53. The Labute approximate surface area is 137 Å². The van der Waals surface area contributed by atoms with E-state index in [0.717, 1.165) is 31.5 Å².